The predicted molar refractivity (Wildman–Crippen MR) is 64.7 cm³/mol. The summed E-state index contributed by atoms with van der Waals surface area (Å²) in [5.74, 6) is 0. The van der Waals surface area contributed by atoms with Crippen molar-refractivity contribution in [1.29, 1.82) is 0 Å². The van der Waals surface area contributed by atoms with Crippen molar-refractivity contribution in [3.8, 4) is 0 Å². The molecule has 0 radical (unpaired) electrons. The second-order valence-electron chi connectivity index (χ2n) is 3.32. The summed E-state index contributed by atoms with van der Waals surface area (Å²) in [6, 6.07) is 0. The van der Waals surface area contributed by atoms with Crippen molar-refractivity contribution < 1.29 is 8.10 Å². The lowest BCUT2D eigenvalue weighted by atomic mass is 10.1. The summed E-state index contributed by atoms with van der Waals surface area (Å²) in [5.41, 5.74) is 1.18. The van der Waals surface area contributed by atoms with E-state index in [4.69, 9.17) is 4.89 Å². The first-order chi connectivity index (χ1) is 6.77. The lowest BCUT2D eigenvalue weighted by molar-refractivity contribution is -0.190. The Morgan fingerprint density at radius 2 is 2.43 bits per heavy atom. The maximum absolute atomic E-state index is 5.03. The summed E-state index contributed by atoms with van der Waals surface area (Å²) in [6.45, 7) is 6.24. The van der Waals surface area contributed by atoms with Gasteiger partial charge in [-0.25, -0.2) is 4.89 Å². The summed E-state index contributed by atoms with van der Waals surface area (Å²) in [4.78, 5) is 7.30. The van der Waals surface area contributed by atoms with Crippen LogP contribution in [0.3, 0.4) is 0 Å². The van der Waals surface area contributed by atoms with Crippen LogP contribution in [0.1, 0.15) is 20.3 Å². The van der Waals surface area contributed by atoms with Crippen LogP contribution in [0, 0.1) is 0 Å². The molecule has 1 aliphatic heterocycles. The summed E-state index contributed by atoms with van der Waals surface area (Å²) in [5, 5.41) is 0. The van der Waals surface area contributed by atoms with E-state index in [0.717, 1.165) is 13.1 Å². The molecular weight excluding hydrogens is 293 g/mol. The zero-order valence-electron chi connectivity index (χ0n) is 8.57. The Morgan fingerprint density at radius 3 is 2.93 bits per heavy atom. The average Bonchev–Trinajstić information content (AvgIpc) is 2.20. The third-order valence-electron chi connectivity index (χ3n) is 2.20. The SMILES string of the molecule is CCCN1C=CC(C(C)OOI)=CC1. The molecule has 1 atom stereocenters. The monoisotopic (exact) mass is 309 g/mol. The molecule has 0 aromatic carbocycles. The molecule has 1 aliphatic rings. The largest absolute Gasteiger partial charge is 0.374 e. The fourth-order valence-corrected chi connectivity index (χ4v) is 1.72. The molecule has 1 rings (SSSR count). The lowest BCUT2D eigenvalue weighted by Crippen LogP contribution is -2.23. The van der Waals surface area contributed by atoms with Gasteiger partial charge in [-0.05, 0) is 31.2 Å². The van der Waals surface area contributed by atoms with Gasteiger partial charge in [-0.3, -0.25) is 0 Å². The first-order valence-corrected chi connectivity index (χ1v) is 5.72. The number of hydrogen-bond acceptors (Lipinski definition) is 3. The first kappa shape index (κ1) is 12.0. The van der Waals surface area contributed by atoms with E-state index in [2.05, 4.69) is 33.4 Å². The van der Waals surface area contributed by atoms with E-state index < -0.39 is 0 Å². The number of hydrogen-bond donors (Lipinski definition) is 0. The average molecular weight is 309 g/mol. The molecule has 0 fully saturated rings. The standard InChI is InChI=1S/C10H16INO2/c1-3-6-12-7-4-10(5-8-12)9(2)13-14-11/h4-5,7,9H,3,6,8H2,1-2H3. The van der Waals surface area contributed by atoms with Crippen LogP contribution in [0.2, 0.25) is 0 Å². The molecule has 0 aliphatic carbocycles. The molecule has 0 N–H and O–H groups in total. The van der Waals surface area contributed by atoms with E-state index in [-0.39, 0.29) is 6.10 Å². The van der Waals surface area contributed by atoms with Crippen molar-refractivity contribution >= 4 is 23.0 Å². The molecule has 1 heterocycles. The third-order valence-corrected chi connectivity index (χ3v) is 2.41. The van der Waals surface area contributed by atoms with Crippen molar-refractivity contribution in [2.24, 2.45) is 0 Å². The molecule has 4 heteroatoms. The molecule has 80 valence electrons. The second-order valence-corrected chi connectivity index (χ2v) is 3.68. The highest BCUT2D eigenvalue weighted by Crippen LogP contribution is 2.14. The van der Waals surface area contributed by atoms with Gasteiger partial charge in [0.1, 0.15) is 6.10 Å². The topological polar surface area (TPSA) is 21.7 Å². The van der Waals surface area contributed by atoms with Gasteiger partial charge in [0.15, 0.2) is 23.0 Å². The van der Waals surface area contributed by atoms with Crippen LogP contribution in [0.15, 0.2) is 23.9 Å². The van der Waals surface area contributed by atoms with Crippen LogP contribution in [0.5, 0.6) is 0 Å². The van der Waals surface area contributed by atoms with Gasteiger partial charge in [0, 0.05) is 13.1 Å². The van der Waals surface area contributed by atoms with Crippen molar-refractivity contribution in [3.05, 3.63) is 23.9 Å². The molecule has 0 amide bonds. The molecule has 0 saturated carbocycles. The van der Waals surface area contributed by atoms with Crippen LogP contribution in [0.4, 0.5) is 0 Å². The molecule has 0 aromatic rings. The van der Waals surface area contributed by atoms with Crippen LogP contribution in [0.25, 0.3) is 0 Å². The van der Waals surface area contributed by atoms with Gasteiger partial charge in [0.2, 0.25) is 0 Å². The fraction of sp³-hybridized carbons (Fsp3) is 0.600. The second kappa shape index (κ2) is 6.42. The Hall–Kier alpha value is -0.0700. The van der Waals surface area contributed by atoms with Crippen LogP contribution in [-0.2, 0) is 8.10 Å². The minimum Gasteiger partial charge on any atom is -0.374 e. The van der Waals surface area contributed by atoms with Gasteiger partial charge in [0.05, 0.1) is 0 Å². The first-order valence-electron chi connectivity index (χ1n) is 4.84. The predicted octanol–water partition coefficient (Wildman–Crippen LogP) is 2.84. The van der Waals surface area contributed by atoms with Crippen molar-refractivity contribution in [3.63, 3.8) is 0 Å². The molecule has 0 bridgehead atoms. The smallest absolute Gasteiger partial charge is 0.155 e. The van der Waals surface area contributed by atoms with Gasteiger partial charge in [-0.15, -0.1) is 0 Å². The van der Waals surface area contributed by atoms with Gasteiger partial charge >= 0.3 is 0 Å². The Bertz CT molecular complexity index is 228. The number of halogens is 1. The van der Waals surface area contributed by atoms with Gasteiger partial charge in [0.25, 0.3) is 0 Å². The minimum absolute atomic E-state index is 0.00641. The number of nitrogens with zero attached hydrogens (tertiary/aromatic N) is 1. The summed E-state index contributed by atoms with van der Waals surface area (Å²) < 4.78 is 4.61. The summed E-state index contributed by atoms with van der Waals surface area (Å²) in [6.07, 6.45) is 7.56. The Labute approximate surface area is 99.4 Å². The van der Waals surface area contributed by atoms with E-state index in [1.165, 1.54) is 12.0 Å². The highest BCUT2D eigenvalue weighted by molar-refractivity contribution is 14.1. The highest BCUT2D eigenvalue weighted by Gasteiger charge is 2.11. The minimum atomic E-state index is 0.00641. The normalized spacial score (nSPS) is 18.2. The third kappa shape index (κ3) is 3.59. The molecule has 0 spiro atoms. The maximum Gasteiger partial charge on any atom is 0.155 e. The molecule has 1 unspecified atom stereocenters. The lowest BCUT2D eigenvalue weighted by Gasteiger charge is -2.23. The van der Waals surface area contributed by atoms with Crippen molar-refractivity contribution in [1.82, 2.24) is 4.90 Å². The van der Waals surface area contributed by atoms with E-state index >= 15 is 0 Å². The van der Waals surface area contributed by atoms with E-state index in [0.29, 0.717) is 0 Å². The molecule has 14 heavy (non-hydrogen) atoms. The Morgan fingerprint density at radius 1 is 1.64 bits per heavy atom. The maximum atomic E-state index is 5.03. The molecule has 0 saturated heterocycles. The van der Waals surface area contributed by atoms with E-state index in [1.54, 1.807) is 23.0 Å². The van der Waals surface area contributed by atoms with Gasteiger partial charge in [-0.2, -0.15) is 3.22 Å². The fourth-order valence-electron chi connectivity index (χ4n) is 1.41. The molecular formula is C10H16INO2. The van der Waals surface area contributed by atoms with E-state index in [1.807, 2.05) is 6.92 Å². The summed E-state index contributed by atoms with van der Waals surface area (Å²) in [7, 11) is 0. The van der Waals surface area contributed by atoms with Crippen LogP contribution < -0.4 is 0 Å². The van der Waals surface area contributed by atoms with Gasteiger partial charge in [-0.1, -0.05) is 13.0 Å². The Kier molecular flexibility index (Phi) is 5.50. The van der Waals surface area contributed by atoms with Crippen LogP contribution in [-0.4, -0.2) is 24.1 Å². The van der Waals surface area contributed by atoms with Crippen molar-refractivity contribution in [2.75, 3.05) is 13.1 Å². The van der Waals surface area contributed by atoms with E-state index in [9.17, 15) is 0 Å². The number of rotatable bonds is 5. The zero-order valence-corrected chi connectivity index (χ0v) is 10.7. The van der Waals surface area contributed by atoms with Crippen molar-refractivity contribution in [2.45, 2.75) is 26.4 Å². The highest BCUT2D eigenvalue weighted by atomic mass is 127. The molecule has 0 aromatic heterocycles. The van der Waals surface area contributed by atoms with Crippen LogP contribution >= 0.6 is 23.0 Å². The summed E-state index contributed by atoms with van der Waals surface area (Å²) >= 11 is 1.73. The van der Waals surface area contributed by atoms with Gasteiger partial charge < -0.3 is 4.90 Å². The molecule has 3 nitrogen and oxygen atoms in total. The Balaban J connectivity index is 2.41. The quantitative estimate of drug-likeness (QED) is 0.443. The zero-order chi connectivity index (χ0) is 10.4.